The molecule has 0 spiro atoms. The van der Waals surface area contributed by atoms with Crippen molar-refractivity contribution in [3.63, 3.8) is 0 Å². The molecule has 0 saturated carbocycles. The SMILES string of the molecule is CCN(CC)C(=O)Cn1cc(-c2ccccc2C=O)nn1. The van der Waals surface area contributed by atoms with Crippen LogP contribution in [-0.2, 0) is 11.3 Å². The number of aldehydes is 1. The maximum absolute atomic E-state index is 12.0. The summed E-state index contributed by atoms with van der Waals surface area (Å²) in [4.78, 5) is 24.8. The van der Waals surface area contributed by atoms with Crippen molar-refractivity contribution in [1.29, 1.82) is 0 Å². The molecule has 1 heterocycles. The van der Waals surface area contributed by atoms with Gasteiger partial charge in [-0.2, -0.15) is 0 Å². The van der Waals surface area contributed by atoms with Crippen molar-refractivity contribution in [2.24, 2.45) is 0 Å². The van der Waals surface area contributed by atoms with Crippen molar-refractivity contribution in [2.45, 2.75) is 20.4 Å². The van der Waals surface area contributed by atoms with E-state index in [1.165, 1.54) is 4.68 Å². The first-order valence-electron chi connectivity index (χ1n) is 6.92. The first-order chi connectivity index (χ1) is 10.2. The topological polar surface area (TPSA) is 68.1 Å². The number of likely N-dealkylation sites (N-methyl/N-ethyl adjacent to an activating group) is 1. The number of nitrogens with zero attached hydrogens (tertiary/aromatic N) is 4. The van der Waals surface area contributed by atoms with Gasteiger partial charge in [0.15, 0.2) is 6.29 Å². The van der Waals surface area contributed by atoms with Gasteiger partial charge in [0.05, 0.1) is 6.20 Å². The van der Waals surface area contributed by atoms with E-state index in [4.69, 9.17) is 0 Å². The summed E-state index contributed by atoms with van der Waals surface area (Å²) in [5.41, 5.74) is 1.86. The van der Waals surface area contributed by atoms with E-state index in [0.29, 0.717) is 29.9 Å². The van der Waals surface area contributed by atoms with E-state index < -0.39 is 0 Å². The Balaban J connectivity index is 2.18. The maximum Gasteiger partial charge on any atom is 0.244 e. The molecule has 1 aromatic heterocycles. The predicted octanol–water partition coefficient (Wildman–Crippen LogP) is 1.63. The number of carbonyl (C=O) groups is 2. The van der Waals surface area contributed by atoms with Crippen molar-refractivity contribution >= 4 is 12.2 Å². The van der Waals surface area contributed by atoms with Gasteiger partial charge in [-0.1, -0.05) is 29.5 Å². The number of benzene rings is 1. The minimum absolute atomic E-state index is 0.000113. The molecule has 2 aromatic rings. The van der Waals surface area contributed by atoms with Gasteiger partial charge in [0, 0.05) is 24.2 Å². The Hall–Kier alpha value is -2.50. The predicted molar refractivity (Wildman–Crippen MR) is 78.8 cm³/mol. The number of hydrogen-bond acceptors (Lipinski definition) is 4. The molecule has 1 amide bonds. The minimum atomic E-state index is 0.000113. The van der Waals surface area contributed by atoms with Crippen LogP contribution in [0.1, 0.15) is 24.2 Å². The maximum atomic E-state index is 12.0. The Morgan fingerprint density at radius 1 is 1.29 bits per heavy atom. The van der Waals surface area contributed by atoms with Crippen LogP contribution in [0.5, 0.6) is 0 Å². The average Bonchev–Trinajstić information content (AvgIpc) is 2.96. The molecule has 0 unspecified atom stereocenters. The molecule has 1 aromatic carbocycles. The molecular weight excluding hydrogens is 268 g/mol. The Morgan fingerprint density at radius 3 is 2.67 bits per heavy atom. The Kier molecular flexibility index (Phi) is 4.81. The first-order valence-corrected chi connectivity index (χ1v) is 6.92. The second-order valence-corrected chi connectivity index (χ2v) is 4.57. The molecule has 2 rings (SSSR count). The molecule has 0 N–H and O–H groups in total. The van der Waals surface area contributed by atoms with Gasteiger partial charge in [0.25, 0.3) is 0 Å². The second kappa shape index (κ2) is 6.78. The van der Waals surface area contributed by atoms with Crippen molar-refractivity contribution in [3.05, 3.63) is 36.0 Å². The summed E-state index contributed by atoms with van der Waals surface area (Å²) in [7, 11) is 0. The van der Waals surface area contributed by atoms with Gasteiger partial charge in [-0.15, -0.1) is 5.10 Å². The van der Waals surface area contributed by atoms with Gasteiger partial charge in [-0.3, -0.25) is 9.59 Å². The first kappa shape index (κ1) is 14.9. The van der Waals surface area contributed by atoms with Gasteiger partial charge in [0.2, 0.25) is 5.91 Å². The molecule has 0 saturated heterocycles. The molecular formula is C15H18N4O2. The van der Waals surface area contributed by atoms with E-state index in [-0.39, 0.29) is 12.5 Å². The third-order valence-electron chi connectivity index (χ3n) is 3.32. The summed E-state index contributed by atoms with van der Waals surface area (Å²) in [6, 6.07) is 7.16. The second-order valence-electron chi connectivity index (χ2n) is 4.57. The van der Waals surface area contributed by atoms with E-state index in [0.717, 1.165) is 6.29 Å². The van der Waals surface area contributed by atoms with Crippen molar-refractivity contribution in [2.75, 3.05) is 13.1 Å². The Bertz CT molecular complexity index is 632. The van der Waals surface area contributed by atoms with Crippen LogP contribution in [-0.4, -0.2) is 45.2 Å². The highest BCUT2D eigenvalue weighted by Gasteiger charge is 2.13. The fourth-order valence-corrected chi connectivity index (χ4v) is 2.15. The van der Waals surface area contributed by atoms with Gasteiger partial charge in [-0.05, 0) is 13.8 Å². The number of hydrogen-bond donors (Lipinski definition) is 0. The zero-order chi connectivity index (χ0) is 15.2. The van der Waals surface area contributed by atoms with Crippen LogP contribution in [0.3, 0.4) is 0 Å². The van der Waals surface area contributed by atoms with E-state index in [2.05, 4.69) is 10.3 Å². The van der Waals surface area contributed by atoms with Gasteiger partial charge in [0.1, 0.15) is 12.2 Å². The third-order valence-corrected chi connectivity index (χ3v) is 3.32. The van der Waals surface area contributed by atoms with Crippen molar-refractivity contribution in [1.82, 2.24) is 19.9 Å². The Labute approximate surface area is 123 Å². The summed E-state index contributed by atoms with van der Waals surface area (Å²) in [6.07, 6.45) is 2.47. The van der Waals surface area contributed by atoms with Gasteiger partial charge in [-0.25, -0.2) is 4.68 Å². The molecule has 6 nitrogen and oxygen atoms in total. The summed E-state index contributed by atoms with van der Waals surface area (Å²) in [5, 5.41) is 8.00. The molecule has 0 atom stereocenters. The summed E-state index contributed by atoms with van der Waals surface area (Å²) < 4.78 is 1.50. The molecule has 110 valence electrons. The monoisotopic (exact) mass is 286 g/mol. The standard InChI is InChI=1S/C15H18N4O2/c1-3-18(4-2)15(21)10-19-9-14(16-17-19)13-8-6-5-7-12(13)11-20/h5-9,11H,3-4,10H2,1-2H3. The van der Waals surface area contributed by atoms with Crippen LogP contribution < -0.4 is 0 Å². The molecule has 0 fully saturated rings. The minimum Gasteiger partial charge on any atom is -0.342 e. The van der Waals surface area contributed by atoms with Crippen LogP contribution in [0.2, 0.25) is 0 Å². The number of rotatable bonds is 6. The molecule has 21 heavy (non-hydrogen) atoms. The van der Waals surface area contributed by atoms with Crippen LogP contribution in [0.4, 0.5) is 0 Å². The van der Waals surface area contributed by atoms with Gasteiger partial charge < -0.3 is 4.90 Å². The fraction of sp³-hybridized carbons (Fsp3) is 0.333. The van der Waals surface area contributed by atoms with E-state index in [1.54, 1.807) is 23.2 Å². The molecule has 6 heteroatoms. The van der Waals surface area contributed by atoms with Crippen LogP contribution >= 0.6 is 0 Å². The quantitative estimate of drug-likeness (QED) is 0.757. The number of aromatic nitrogens is 3. The number of amides is 1. The summed E-state index contributed by atoms with van der Waals surface area (Å²) >= 11 is 0. The molecule has 0 bridgehead atoms. The molecule has 0 aliphatic heterocycles. The lowest BCUT2D eigenvalue weighted by Crippen LogP contribution is -2.33. The number of carbonyl (C=O) groups excluding carboxylic acids is 2. The fourth-order valence-electron chi connectivity index (χ4n) is 2.15. The van der Waals surface area contributed by atoms with Crippen LogP contribution in [0, 0.1) is 0 Å². The molecule has 0 radical (unpaired) electrons. The van der Waals surface area contributed by atoms with E-state index in [1.807, 2.05) is 26.0 Å². The zero-order valence-electron chi connectivity index (χ0n) is 12.2. The van der Waals surface area contributed by atoms with Crippen LogP contribution in [0.15, 0.2) is 30.5 Å². The van der Waals surface area contributed by atoms with E-state index in [9.17, 15) is 9.59 Å². The lowest BCUT2D eigenvalue weighted by Gasteiger charge is -2.17. The van der Waals surface area contributed by atoms with Crippen molar-refractivity contribution in [3.8, 4) is 11.3 Å². The van der Waals surface area contributed by atoms with Gasteiger partial charge >= 0.3 is 0 Å². The largest absolute Gasteiger partial charge is 0.342 e. The highest BCUT2D eigenvalue weighted by molar-refractivity contribution is 5.86. The highest BCUT2D eigenvalue weighted by atomic mass is 16.2. The zero-order valence-corrected chi connectivity index (χ0v) is 12.2. The van der Waals surface area contributed by atoms with E-state index >= 15 is 0 Å². The third kappa shape index (κ3) is 3.34. The Morgan fingerprint density at radius 2 is 2.00 bits per heavy atom. The lowest BCUT2D eigenvalue weighted by atomic mass is 10.1. The van der Waals surface area contributed by atoms with Crippen molar-refractivity contribution < 1.29 is 9.59 Å². The highest BCUT2D eigenvalue weighted by Crippen LogP contribution is 2.19. The lowest BCUT2D eigenvalue weighted by molar-refractivity contribution is -0.131. The summed E-state index contributed by atoms with van der Waals surface area (Å²) in [5.74, 6) is 0.000113. The van der Waals surface area contributed by atoms with Crippen LogP contribution in [0.25, 0.3) is 11.3 Å². The smallest absolute Gasteiger partial charge is 0.244 e. The summed E-state index contributed by atoms with van der Waals surface area (Å²) in [6.45, 7) is 5.37. The molecule has 0 aliphatic rings. The average molecular weight is 286 g/mol. The normalized spacial score (nSPS) is 10.4. The molecule has 0 aliphatic carbocycles.